The summed E-state index contributed by atoms with van der Waals surface area (Å²) in [6.07, 6.45) is 0. The van der Waals surface area contributed by atoms with E-state index in [-0.39, 0.29) is 4.65 Å². The van der Waals surface area contributed by atoms with Crippen molar-refractivity contribution in [1.29, 1.82) is 0 Å². The first-order chi connectivity index (χ1) is 14.0. The first-order valence-corrected chi connectivity index (χ1v) is 10.7. The Bertz CT molecular complexity index is 1000. The van der Waals surface area contributed by atoms with Gasteiger partial charge in [-0.25, -0.2) is 5.21 Å². The van der Waals surface area contributed by atoms with Crippen molar-refractivity contribution in [2.45, 2.75) is 13.5 Å². The van der Waals surface area contributed by atoms with Crippen molar-refractivity contribution >= 4 is 39.7 Å². The van der Waals surface area contributed by atoms with Crippen LogP contribution in [0.4, 0.5) is 5.69 Å². The van der Waals surface area contributed by atoms with Crippen molar-refractivity contribution < 1.29 is 14.6 Å². The van der Waals surface area contributed by atoms with Crippen LogP contribution in [0.1, 0.15) is 12.5 Å². The van der Waals surface area contributed by atoms with E-state index < -0.39 is 0 Å². The predicted octanol–water partition coefficient (Wildman–Crippen LogP) is 5.77. The minimum atomic E-state index is 0.169. The number of benzene rings is 3. The Labute approximate surface area is 181 Å². The van der Waals surface area contributed by atoms with Crippen molar-refractivity contribution in [1.82, 2.24) is 0 Å². The van der Waals surface area contributed by atoms with Gasteiger partial charge in [0.05, 0.1) is 23.1 Å². The number of likely N-dealkylation sites (N-methyl/N-ethyl adjacent to an activating group) is 1. The lowest BCUT2D eigenvalue weighted by Crippen LogP contribution is -2.57. The average Bonchev–Trinajstić information content (AvgIpc) is 2.76. The number of piperazine rings is 1. The van der Waals surface area contributed by atoms with Crippen LogP contribution in [0.3, 0.4) is 0 Å². The Hall–Kier alpha value is -1.98. The molecule has 1 aliphatic heterocycles. The van der Waals surface area contributed by atoms with Crippen LogP contribution in [-0.4, -0.2) is 42.6 Å². The fourth-order valence-corrected chi connectivity index (χ4v) is 4.16. The van der Waals surface area contributed by atoms with Crippen LogP contribution in [0.25, 0.3) is 10.8 Å². The van der Waals surface area contributed by atoms with Crippen molar-refractivity contribution in [3.8, 4) is 5.75 Å². The third kappa shape index (κ3) is 4.31. The number of fused-ring (bicyclic) bond motifs is 1. The van der Waals surface area contributed by atoms with E-state index >= 15 is 0 Å². The first kappa shape index (κ1) is 20.3. The van der Waals surface area contributed by atoms with E-state index in [0.29, 0.717) is 16.7 Å². The molecule has 0 spiro atoms. The summed E-state index contributed by atoms with van der Waals surface area (Å²) in [5.74, 6) is 0.790. The fourth-order valence-electron chi connectivity index (χ4n) is 3.77. The van der Waals surface area contributed by atoms with Crippen molar-refractivity contribution in [3.05, 3.63) is 70.2 Å². The molecule has 4 nitrogen and oxygen atoms in total. The smallest absolute Gasteiger partial charge is 0.127 e. The Balaban J connectivity index is 1.43. The number of hydrogen-bond acceptors (Lipinski definition) is 3. The molecule has 29 heavy (non-hydrogen) atoms. The van der Waals surface area contributed by atoms with Gasteiger partial charge in [0.2, 0.25) is 0 Å². The number of ether oxygens (including phenoxy) is 1. The number of hydrogen-bond donors (Lipinski definition) is 1. The van der Waals surface area contributed by atoms with Crippen molar-refractivity contribution in [2.24, 2.45) is 0 Å². The highest BCUT2D eigenvalue weighted by Gasteiger charge is 2.30. The van der Waals surface area contributed by atoms with Crippen molar-refractivity contribution in [3.63, 3.8) is 0 Å². The van der Waals surface area contributed by atoms with E-state index in [0.717, 1.165) is 54.8 Å². The lowest BCUT2D eigenvalue weighted by molar-refractivity contribution is -1.10. The lowest BCUT2D eigenvalue weighted by atomic mass is 10.1. The van der Waals surface area contributed by atoms with Gasteiger partial charge < -0.3 is 9.64 Å². The Morgan fingerprint density at radius 3 is 2.38 bits per heavy atom. The SMILES string of the molecule is CC[N+]1(O)CCN(c2ccc(COc3cccc4c(Cl)c(Cl)ccc34)cc2)CC1. The molecule has 3 aromatic carbocycles. The average molecular weight is 432 g/mol. The Morgan fingerprint density at radius 2 is 1.69 bits per heavy atom. The van der Waals surface area contributed by atoms with Crippen LogP contribution in [0.5, 0.6) is 5.75 Å². The monoisotopic (exact) mass is 431 g/mol. The Morgan fingerprint density at radius 1 is 0.966 bits per heavy atom. The largest absolute Gasteiger partial charge is 0.488 e. The molecule has 1 heterocycles. The maximum atomic E-state index is 10.4. The van der Waals surface area contributed by atoms with Gasteiger partial charge in [-0.2, -0.15) is 4.65 Å². The summed E-state index contributed by atoms with van der Waals surface area (Å²) in [6, 6.07) is 18.0. The van der Waals surface area contributed by atoms with Gasteiger partial charge in [-0.15, -0.1) is 0 Å². The van der Waals surface area contributed by atoms with E-state index in [1.54, 1.807) is 6.07 Å². The lowest BCUT2D eigenvalue weighted by Gasteiger charge is -2.38. The van der Waals surface area contributed by atoms with Crippen LogP contribution in [0, 0.1) is 0 Å². The second-order valence-electron chi connectivity index (χ2n) is 7.51. The molecular weight excluding hydrogens is 407 g/mol. The first-order valence-electron chi connectivity index (χ1n) is 9.91. The highest BCUT2D eigenvalue weighted by Crippen LogP contribution is 2.35. The molecule has 3 aromatic rings. The summed E-state index contributed by atoms with van der Waals surface area (Å²) in [6.45, 7) is 6.51. The molecule has 0 bridgehead atoms. The highest BCUT2D eigenvalue weighted by molar-refractivity contribution is 6.45. The molecule has 0 aromatic heterocycles. The third-order valence-electron chi connectivity index (χ3n) is 5.77. The molecule has 0 radical (unpaired) electrons. The molecule has 6 heteroatoms. The van der Waals surface area contributed by atoms with Gasteiger partial charge in [0.15, 0.2) is 0 Å². The normalized spacial score (nSPS) is 16.2. The second-order valence-corrected chi connectivity index (χ2v) is 8.30. The number of anilines is 1. The van der Waals surface area contributed by atoms with Crippen molar-refractivity contribution in [2.75, 3.05) is 37.6 Å². The summed E-state index contributed by atoms with van der Waals surface area (Å²) in [4.78, 5) is 2.32. The molecule has 0 atom stereocenters. The van der Waals surface area contributed by atoms with Crippen LogP contribution in [0.2, 0.25) is 10.0 Å². The van der Waals surface area contributed by atoms with Gasteiger partial charge in [-0.3, -0.25) is 0 Å². The van der Waals surface area contributed by atoms with E-state index in [1.807, 2.05) is 31.2 Å². The topological polar surface area (TPSA) is 32.7 Å². The van der Waals surface area contributed by atoms with Crippen LogP contribution < -0.4 is 9.64 Å². The zero-order chi connectivity index (χ0) is 20.4. The van der Waals surface area contributed by atoms with Crippen LogP contribution >= 0.6 is 23.2 Å². The molecule has 152 valence electrons. The zero-order valence-corrected chi connectivity index (χ0v) is 18.0. The van der Waals surface area contributed by atoms with Gasteiger partial charge in [0.1, 0.15) is 32.0 Å². The van der Waals surface area contributed by atoms with Gasteiger partial charge in [-0.1, -0.05) is 47.5 Å². The molecular formula is C23H25Cl2N2O2+. The van der Waals surface area contributed by atoms with Gasteiger partial charge in [-0.05, 0) is 42.8 Å². The number of rotatable bonds is 5. The summed E-state index contributed by atoms with van der Waals surface area (Å²) < 4.78 is 6.25. The van der Waals surface area contributed by atoms with Gasteiger partial charge in [0.25, 0.3) is 0 Å². The molecule has 0 unspecified atom stereocenters. The van der Waals surface area contributed by atoms with Crippen LogP contribution in [-0.2, 0) is 6.61 Å². The zero-order valence-electron chi connectivity index (χ0n) is 16.4. The molecule has 1 saturated heterocycles. The summed E-state index contributed by atoms with van der Waals surface area (Å²) in [5.41, 5.74) is 2.28. The maximum absolute atomic E-state index is 10.4. The predicted molar refractivity (Wildman–Crippen MR) is 119 cm³/mol. The molecule has 1 fully saturated rings. The number of hydroxylamine groups is 3. The van der Waals surface area contributed by atoms with Gasteiger partial charge >= 0.3 is 0 Å². The molecule has 0 saturated carbocycles. The fraction of sp³-hybridized carbons (Fsp3) is 0.304. The standard InChI is InChI=1S/C23H25Cl2N2O2/c1-2-27(28)14-12-26(13-15-27)18-8-6-17(7-9-18)16-29-22-5-3-4-20-19(22)10-11-21(24)23(20)25/h3-11,28H,2,12-16H2,1H3/q+1. The summed E-state index contributed by atoms with van der Waals surface area (Å²) in [5, 5.41) is 13.3. The molecule has 0 amide bonds. The van der Waals surface area contributed by atoms with E-state index in [1.165, 1.54) is 5.69 Å². The minimum Gasteiger partial charge on any atom is -0.488 e. The minimum absolute atomic E-state index is 0.169. The molecule has 1 N–H and O–H groups in total. The molecule has 0 aliphatic carbocycles. The van der Waals surface area contributed by atoms with Crippen LogP contribution in [0.15, 0.2) is 54.6 Å². The maximum Gasteiger partial charge on any atom is 0.127 e. The summed E-state index contributed by atoms with van der Waals surface area (Å²) >= 11 is 12.4. The van der Waals surface area contributed by atoms with E-state index in [4.69, 9.17) is 27.9 Å². The number of quaternary nitrogens is 1. The van der Waals surface area contributed by atoms with Gasteiger partial charge in [0, 0.05) is 16.5 Å². The second kappa shape index (κ2) is 8.41. The Kier molecular flexibility index (Phi) is 5.88. The molecule has 4 rings (SSSR count). The highest BCUT2D eigenvalue weighted by atomic mass is 35.5. The summed E-state index contributed by atoms with van der Waals surface area (Å²) in [7, 11) is 0. The number of halogens is 2. The number of nitrogens with zero attached hydrogens (tertiary/aromatic N) is 2. The van der Waals surface area contributed by atoms with E-state index in [9.17, 15) is 5.21 Å². The van der Waals surface area contributed by atoms with E-state index in [2.05, 4.69) is 29.2 Å². The third-order valence-corrected chi connectivity index (χ3v) is 6.58. The quantitative estimate of drug-likeness (QED) is 0.520. The molecule has 1 aliphatic rings.